The van der Waals surface area contributed by atoms with E-state index in [1.165, 1.54) is 12.8 Å². The summed E-state index contributed by atoms with van der Waals surface area (Å²) in [4.78, 5) is 6.48. The summed E-state index contributed by atoms with van der Waals surface area (Å²) < 4.78 is 5.33. The highest BCUT2D eigenvalue weighted by atomic mass is 16.5. The first-order valence-corrected chi connectivity index (χ1v) is 5.87. The summed E-state index contributed by atoms with van der Waals surface area (Å²) in [6, 6.07) is 0.233. The molecular formula is C11H20N4O. The van der Waals surface area contributed by atoms with Gasteiger partial charge in [-0.3, -0.25) is 0 Å². The Hall–Kier alpha value is -0.940. The Labute approximate surface area is 96.2 Å². The van der Waals surface area contributed by atoms with Gasteiger partial charge in [0.2, 0.25) is 5.89 Å². The van der Waals surface area contributed by atoms with E-state index in [1.807, 2.05) is 19.0 Å². The second-order valence-corrected chi connectivity index (χ2v) is 4.84. The third-order valence-electron chi connectivity index (χ3n) is 2.98. The molecule has 1 fully saturated rings. The second-order valence-electron chi connectivity index (χ2n) is 4.84. The van der Waals surface area contributed by atoms with Crippen molar-refractivity contribution in [2.24, 2.45) is 5.92 Å². The average molecular weight is 224 g/mol. The van der Waals surface area contributed by atoms with Crippen molar-refractivity contribution in [3.63, 3.8) is 0 Å². The number of nitrogens with one attached hydrogen (secondary N) is 1. The Bertz CT molecular complexity index is 336. The van der Waals surface area contributed by atoms with Crippen molar-refractivity contribution in [2.75, 3.05) is 20.6 Å². The molecule has 5 nitrogen and oxygen atoms in total. The summed E-state index contributed by atoms with van der Waals surface area (Å²) in [7, 11) is 4.00. The first-order valence-electron chi connectivity index (χ1n) is 5.87. The molecule has 1 aromatic heterocycles. The summed E-state index contributed by atoms with van der Waals surface area (Å²) in [6.07, 6.45) is 2.46. The fourth-order valence-electron chi connectivity index (χ4n) is 2.12. The van der Waals surface area contributed by atoms with E-state index in [0.29, 0.717) is 5.92 Å². The van der Waals surface area contributed by atoms with Crippen LogP contribution in [0.5, 0.6) is 0 Å². The Balaban J connectivity index is 2.05. The van der Waals surface area contributed by atoms with Crippen molar-refractivity contribution in [2.45, 2.75) is 32.4 Å². The topological polar surface area (TPSA) is 54.2 Å². The Morgan fingerprint density at radius 2 is 2.31 bits per heavy atom. The lowest BCUT2D eigenvalue weighted by Crippen LogP contribution is -2.33. The molecule has 0 aromatic carbocycles. The molecule has 0 bridgehead atoms. The van der Waals surface area contributed by atoms with Crippen molar-refractivity contribution >= 4 is 0 Å². The third kappa shape index (κ3) is 2.59. The van der Waals surface area contributed by atoms with E-state index in [2.05, 4.69) is 22.4 Å². The van der Waals surface area contributed by atoms with Crippen molar-refractivity contribution in [3.05, 3.63) is 11.7 Å². The predicted molar refractivity (Wildman–Crippen MR) is 60.8 cm³/mol. The SMILES string of the molecule is CC1CCCNC1c1nc(CN(C)C)no1. The van der Waals surface area contributed by atoms with Crippen molar-refractivity contribution in [1.29, 1.82) is 0 Å². The van der Waals surface area contributed by atoms with Crippen LogP contribution in [0.2, 0.25) is 0 Å². The van der Waals surface area contributed by atoms with Gasteiger partial charge < -0.3 is 14.7 Å². The highest BCUT2D eigenvalue weighted by Crippen LogP contribution is 2.27. The molecule has 1 aliphatic rings. The van der Waals surface area contributed by atoms with Crippen LogP contribution in [0.3, 0.4) is 0 Å². The number of hydrogen-bond donors (Lipinski definition) is 1. The normalized spacial score (nSPS) is 26.2. The van der Waals surface area contributed by atoms with Crippen LogP contribution in [0.25, 0.3) is 0 Å². The van der Waals surface area contributed by atoms with Gasteiger partial charge in [-0.25, -0.2) is 0 Å². The van der Waals surface area contributed by atoms with E-state index in [1.54, 1.807) is 0 Å². The van der Waals surface area contributed by atoms with Gasteiger partial charge in [-0.15, -0.1) is 0 Å². The standard InChI is InChI=1S/C11H20N4O/c1-8-5-4-6-12-10(8)11-13-9(14-16-11)7-15(2)3/h8,10,12H,4-7H2,1-3H3. The van der Waals surface area contributed by atoms with Crippen molar-refractivity contribution in [1.82, 2.24) is 20.4 Å². The maximum Gasteiger partial charge on any atom is 0.244 e. The van der Waals surface area contributed by atoms with Crippen LogP contribution in [0.15, 0.2) is 4.52 Å². The molecule has 0 spiro atoms. The number of aromatic nitrogens is 2. The van der Waals surface area contributed by atoms with Crippen LogP contribution in [0.4, 0.5) is 0 Å². The van der Waals surface area contributed by atoms with Crippen LogP contribution < -0.4 is 5.32 Å². The molecule has 1 saturated heterocycles. The lowest BCUT2D eigenvalue weighted by molar-refractivity contribution is 0.238. The summed E-state index contributed by atoms with van der Waals surface area (Å²) in [5, 5.41) is 7.44. The zero-order valence-electron chi connectivity index (χ0n) is 10.2. The molecule has 2 unspecified atom stereocenters. The molecule has 1 aliphatic heterocycles. The number of hydrogen-bond acceptors (Lipinski definition) is 5. The van der Waals surface area contributed by atoms with Gasteiger partial charge in [0.1, 0.15) is 0 Å². The summed E-state index contributed by atoms with van der Waals surface area (Å²) >= 11 is 0. The molecular weight excluding hydrogens is 204 g/mol. The molecule has 5 heteroatoms. The van der Waals surface area contributed by atoms with E-state index in [4.69, 9.17) is 4.52 Å². The molecule has 16 heavy (non-hydrogen) atoms. The Morgan fingerprint density at radius 3 is 3.00 bits per heavy atom. The van der Waals surface area contributed by atoms with Crippen molar-refractivity contribution < 1.29 is 4.52 Å². The van der Waals surface area contributed by atoms with E-state index >= 15 is 0 Å². The maximum atomic E-state index is 5.33. The maximum absolute atomic E-state index is 5.33. The highest BCUT2D eigenvalue weighted by molar-refractivity contribution is 4.96. The molecule has 0 amide bonds. The minimum absolute atomic E-state index is 0.233. The van der Waals surface area contributed by atoms with Crippen LogP contribution in [-0.4, -0.2) is 35.7 Å². The minimum Gasteiger partial charge on any atom is -0.338 e. The molecule has 90 valence electrons. The smallest absolute Gasteiger partial charge is 0.244 e. The second kappa shape index (κ2) is 4.93. The number of rotatable bonds is 3. The van der Waals surface area contributed by atoms with Crippen LogP contribution in [0.1, 0.15) is 37.5 Å². The zero-order chi connectivity index (χ0) is 11.5. The van der Waals surface area contributed by atoms with Gasteiger partial charge in [0.15, 0.2) is 5.82 Å². The molecule has 1 aromatic rings. The van der Waals surface area contributed by atoms with Crippen LogP contribution in [-0.2, 0) is 6.54 Å². The average Bonchev–Trinajstić information content (AvgIpc) is 2.66. The van der Waals surface area contributed by atoms with E-state index in [-0.39, 0.29) is 6.04 Å². The highest BCUT2D eigenvalue weighted by Gasteiger charge is 2.27. The molecule has 0 radical (unpaired) electrons. The van der Waals surface area contributed by atoms with Crippen LogP contribution >= 0.6 is 0 Å². The quantitative estimate of drug-likeness (QED) is 0.836. The van der Waals surface area contributed by atoms with Gasteiger partial charge in [0.05, 0.1) is 12.6 Å². The fourth-order valence-corrected chi connectivity index (χ4v) is 2.12. The number of nitrogens with zero attached hydrogens (tertiary/aromatic N) is 3. The van der Waals surface area contributed by atoms with Gasteiger partial charge in [-0.1, -0.05) is 12.1 Å². The Morgan fingerprint density at radius 1 is 1.50 bits per heavy atom. The summed E-state index contributed by atoms with van der Waals surface area (Å²) in [6.45, 7) is 4.00. The zero-order valence-corrected chi connectivity index (χ0v) is 10.2. The lowest BCUT2D eigenvalue weighted by Gasteiger charge is -2.26. The summed E-state index contributed by atoms with van der Waals surface area (Å²) in [5.41, 5.74) is 0. The number of piperidine rings is 1. The van der Waals surface area contributed by atoms with E-state index in [0.717, 1.165) is 24.8 Å². The van der Waals surface area contributed by atoms with Gasteiger partial charge in [0, 0.05) is 0 Å². The van der Waals surface area contributed by atoms with Gasteiger partial charge >= 0.3 is 0 Å². The van der Waals surface area contributed by atoms with Crippen molar-refractivity contribution in [3.8, 4) is 0 Å². The van der Waals surface area contributed by atoms with Crippen LogP contribution in [0, 0.1) is 5.92 Å². The third-order valence-corrected chi connectivity index (χ3v) is 2.98. The van der Waals surface area contributed by atoms with Gasteiger partial charge in [-0.05, 0) is 39.4 Å². The predicted octanol–water partition coefficient (Wildman–Crippen LogP) is 1.19. The molecule has 1 N–H and O–H groups in total. The lowest BCUT2D eigenvalue weighted by atomic mass is 9.93. The molecule has 2 atom stereocenters. The minimum atomic E-state index is 0.233. The van der Waals surface area contributed by atoms with Gasteiger partial charge in [0.25, 0.3) is 0 Å². The van der Waals surface area contributed by atoms with E-state index in [9.17, 15) is 0 Å². The Kier molecular flexibility index (Phi) is 3.56. The molecule has 0 aliphatic carbocycles. The first-order chi connectivity index (χ1) is 7.66. The monoisotopic (exact) mass is 224 g/mol. The molecule has 2 rings (SSSR count). The largest absolute Gasteiger partial charge is 0.338 e. The van der Waals surface area contributed by atoms with E-state index < -0.39 is 0 Å². The summed E-state index contributed by atoms with van der Waals surface area (Å²) in [5.74, 6) is 2.07. The van der Waals surface area contributed by atoms with Gasteiger partial charge in [-0.2, -0.15) is 4.98 Å². The molecule has 0 saturated carbocycles. The molecule has 2 heterocycles. The first kappa shape index (κ1) is 11.5. The fraction of sp³-hybridized carbons (Fsp3) is 0.818.